The Bertz CT molecular complexity index is 632. The second kappa shape index (κ2) is 6.09. The Morgan fingerprint density at radius 3 is 2.75 bits per heavy atom. The third-order valence-electron chi connectivity index (χ3n) is 3.13. The van der Waals surface area contributed by atoms with Crippen LogP contribution in [0.4, 0.5) is 10.1 Å². The topological polar surface area (TPSA) is 34.1 Å². The van der Waals surface area contributed by atoms with Crippen molar-refractivity contribution in [2.24, 2.45) is 0 Å². The summed E-state index contributed by atoms with van der Waals surface area (Å²) in [6, 6.07) is 4.53. The second-order valence-corrected chi connectivity index (χ2v) is 4.94. The third-order valence-corrected chi connectivity index (χ3v) is 3.42. The first-order valence-electron chi connectivity index (χ1n) is 6.21. The first-order chi connectivity index (χ1) is 9.52. The maximum Gasteiger partial charge on any atom is 0.141 e. The summed E-state index contributed by atoms with van der Waals surface area (Å²) in [4.78, 5) is 4.39. The molecule has 0 aliphatic carbocycles. The molecule has 0 radical (unpaired) electrons. The molecule has 20 heavy (non-hydrogen) atoms. The summed E-state index contributed by atoms with van der Waals surface area (Å²) in [6.45, 7) is 4.44. The van der Waals surface area contributed by atoms with Crippen LogP contribution >= 0.6 is 11.6 Å². The number of aryl methyl sites for hydroxylation is 1. The van der Waals surface area contributed by atoms with Crippen molar-refractivity contribution in [3.63, 3.8) is 0 Å². The maximum atomic E-state index is 13.1. The van der Waals surface area contributed by atoms with Gasteiger partial charge < -0.3 is 10.1 Å². The molecule has 0 fully saturated rings. The average Bonchev–Trinajstić information content (AvgIpc) is 2.42. The largest absolute Gasteiger partial charge is 0.496 e. The van der Waals surface area contributed by atoms with Crippen molar-refractivity contribution in [1.82, 2.24) is 4.98 Å². The summed E-state index contributed by atoms with van der Waals surface area (Å²) < 4.78 is 18.4. The number of nitrogens with zero attached hydrogens (tertiary/aromatic N) is 1. The highest BCUT2D eigenvalue weighted by atomic mass is 35.5. The molecule has 1 aromatic carbocycles. The maximum absolute atomic E-state index is 13.1. The van der Waals surface area contributed by atoms with Crippen LogP contribution in [-0.2, 0) is 6.54 Å². The van der Waals surface area contributed by atoms with Crippen molar-refractivity contribution in [3.05, 3.63) is 52.1 Å². The number of hydrogen-bond donors (Lipinski definition) is 1. The highest BCUT2D eigenvalue weighted by Gasteiger charge is 2.09. The van der Waals surface area contributed by atoms with Crippen LogP contribution in [0.3, 0.4) is 0 Å². The molecule has 0 saturated carbocycles. The van der Waals surface area contributed by atoms with Crippen LogP contribution in [0.2, 0.25) is 5.02 Å². The van der Waals surface area contributed by atoms with E-state index in [4.69, 9.17) is 16.3 Å². The molecule has 106 valence electrons. The Kier molecular flexibility index (Phi) is 4.45. The lowest BCUT2D eigenvalue weighted by Gasteiger charge is -2.13. The summed E-state index contributed by atoms with van der Waals surface area (Å²) >= 11 is 5.74. The lowest BCUT2D eigenvalue weighted by Crippen LogP contribution is -2.06. The van der Waals surface area contributed by atoms with E-state index in [9.17, 15) is 4.39 Å². The number of hydrogen-bond acceptors (Lipinski definition) is 3. The van der Waals surface area contributed by atoms with Crippen LogP contribution < -0.4 is 10.1 Å². The third kappa shape index (κ3) is 3.02. The molecule has 1 heterocycles. The van der Waals surface area contributed by atoms with Gasteiger partial charge in [0, 0.05) is 23.0 Å². The molecule has 0 saturated heterocycles. The molecular weight excluding hydrogens is 279 g/mol. The van der Waals surface area contributed by atoms with E-state index in [0.717, 1.165) is 28.3 Å². The van der Waals surface area contributed by atoms with Crippen molar-refractivity contribution in [3.8, 4) is 5.75 Å². The molecule has 0 aliphatic rings. The van der Waals surface area contributed by atoms with Crippen molar-refractivity contribution in [1.29, 1.82) is 0 Å². The van der Waals surface area contributed by atoms with Crippen LogP contribution in [0.25, 0.3) is 0 Å². The van der Waals surface area contributed by atoms with Gasteiger partial charge in [-0.3, -0.25) is 4.98 Å². The summed E-state index contributed by atoms with van der Waals surface area (Å²) in [5.41, 5.74) is 3.62. The highest BCUT2D eigenvalue weighted by molar-refractivity contribution is 6.31. The number of methoxy groups -OCH3 is 1. The minimum atomic E-state index is -0.427. The van der Waals surface area contributed by atoms with Crippen molar-refractivity contribution >= 4 is 17.3 Å². The van der Waals surface area contributed by atoms with Gasteiger partial charge in [-0.2, -0.15) is 0 Å². The quantitative estimate of drug-likeness (QED) is 0.921. The molecule has 0 aliphatic heterocycles. The van der Waals surface area contributed by atoms with Gasteiger partial charge in [0.15, 0.2) is 0 Å². The Morgan fingerprint density at radius 2 is 2.10 bits per heavy atom. The number of benzene rings is 1. The van der Waals surface area contributed by atoms with E-state index in [-0.39, 0.29) is 5.02 Å². The fourth-order valence-corrected chi connectivity index (χ4v) is 2.22. The van der Waals surface area contributed by atoms with Crippen LogP contribution in [-0.4, -0.2) is 12.1 Å². The lowest BCUT2D eigenvalue weighted by molar-refractivity contribution is 0.407. The predicted molar refractivity (Wildman–Crippen MR) is 79.0 cm³/mol. The first kappa shape index (κ1) is 14.6. The van der Waals surface area contributed by atoms with E-state index in [1.54, 1.807) is 25.4 Å². The van der Waals surface area contributed by atoms with Gasteiger partial charge in [0.05, 0.1) is 24.4 Å². The minimum Gasteiger partial charge on any atom is -0.496 e. The zero-order valence-electron chi connectivity index (χ0n) is 11.6. The van der Waals surface area contributed by atoms with Gasteiger partial charge in [-0.25, -0.2) is 4.39 Å². The molecule has 1 N–H and O–H groups in total. The molecular formula is C15H16ClFN2O. The summed E-state index contributed by atoms with van der Waals surface area (Å²) in [7, 11) is 1.65. The molecule has 1 aromatic heterocycles. The SMILES string of the molecule is COc1c(C)cnc(CNc2ccc(F)c(Cl)c2)c1C. The van der Waals surface area contributed by atoms with Gasteiger partial charge in [0.2, 0.25) is 0 Å². The molecule has 2 rings (SSSR count). The number of pyridine rings is 1. The van der Waals surface area contributed by atoms with E-state index in [2.05, 4.69) is 10.3 Å². The molecule has 0 amide bonds. The van der Waals surface area contributed by atoms with Gasteiger partial charge >= 0.3 is 0 Å². The molecule has 0 spiro atoms. The summed E-state index contributed by atoms with van der Waals surface area (Å²) in [5.74, 6) is 0.414. The van der Waals surface area contributed by atoms with Crippen LogP contribution in [0, 0.1) is 19.7 Å². The fraction of sp³-hybridized carbons (Fsp3) is 0.267. The normalized spacial score (nSPS) is 10.4. The molecule has 3 nitrogen and oxygen atoms in total. The van der Waals surface area contributed by atoms with Gasteiger partial charge in [-0.15, -0.1) is 0 Å². The predicted octanol–water partition coefficient (Wildman–Crippen LogP) is 4.11. The van der Waals surface area contributed by atoms with Gasteiger partial charge in [-0.1, -0.05) is 11.6 Å². The second-order valence-electron chi connectivity index (χ2n) is 4.53. The van der Waals surface area contributed by atoms with E-state index >= 15 is 0 Å². The highest BCUT2D eigenvalue weighted by Crippen LogP contribution is 2.25. The van der Waals surface area contributed by atoms with Crippen molar-refractivity contribution in [2.45, 2.75) is 20.4 Å². The average molecular weight is 295 g/mol. The van der Waals surface area contributed by atoms with Crippen molar-refractivity contribution < 1.29 is 9.13 Å². The lowest BCUT2D eigenvalue weighted by atomic mass is 10.1. The van der Waals surface area contributed by atoms with Gasteiger partial charge in [-0.05, 0) is 32.0 Å². The number of nitrogens with one attached hydrogen (secondary N) is 1. The smallest absolute Gasteiger partial charge is 0.141 e. The van der Waals surface area contributed by atoms with Crippen molar-refractivity contribution in [2.75, 3.05) is 12.4 Å². The van der Waals surface area contributed by atoms with E-state index in [1.807, 2.05) is 13.8 Å². The fourth-order valence-electron chi connectivity index (χ4n) is 2.04. The van der Waals surface area contributed by atoms with Gasteiger partial charge in [0.1, 0.15) is 11.6 Å². The molecule has 0 atom stereocenters. The molecule has 0 unspecified atom stereocenters. The van der Waals surface area contributed by atoms with E-state index in [1.165, 1.54) is 6.07 Å². The monoisotopic (exact) mass is 294 g/mol. The van der Waals surface area contributed by atoms with Gasteiger partial charge in [0.25, 0.3) is 0 Å². The number of halogens is 2. The molecule has 5 heteroatoms. The van der Waals surface area contributed by atoms with E-state index < -0.39 is 5.82 Å². The minimum absolute atomic E-state index is 0.0983. The molecule has 2 aromatic rings. The van der Waals surface area contributed by atoms with Crippen LogP contribution in [0.5, 0.6) is 5.75 Å². The van der Waals surface area contributed by atoms with Crippen LogP contribution in [0.1, 0.15) is 16.8 Å². The Morgan fingerprint density at radius 1 is 1.35 bits per heavy atom. The Hall–Kier alpha value is -1.81. The zero-order chi connectivity index (χ0) is 14.7. The number of aromatic nitrogens is 1. The summed E-state index contributed by atoms with van der Waals surface area (Å²) in [5, 5.41) is 3.27. The number of anilines is 1. The Balaban J connectivity index is 2.16. The van der Waals surface area contributed by atoms with Crippen LogP contribution in [0.15, 0.2) is 24.4 Å². The number of rotatable bonds is 4. The number of ether oxygens (including phenoxy) is 1. The standard InChI is InChI=1S/C15H16ClFN2O/c1-9-7-19-14(10(2)15(9)20-3)8-18-11-4-5-13(17)12(16)6-11/h4-7,18H,8H2,1-3H3. The Labute approximate surface area is 122 Å². The zero-order valence-corrected chi connectivity index (χ0v) is 12.4. The first-order valence-corrected chi connectivity index (χ1v) is 6.58. The van der Waals surface area contributed by atoms with E-state index in [0.29, 0.717) is 6.54 Å². The molecule has 0 bridgehead atoms. The summed E-state index contributed by atoms with van der Waals surface area (Å²) in [6.07, 6.45) is 1.78.